The maximum atomic E-state index is 6.21. The minimum Gasteiger partial charge on any atom is -0.371 e. The number of benzene rings is 1. The van der Waals surface area contributed by atoms with Crippen molar-refractivity contribution < 1.29 is 0 Å². The van der Waals surface area contributed by atoms with Gasteiger partial charge in [0.2, 0.25) is 0 Å². The molecule has 0 bridgehead atoms. The fourth-order valence-corrected chi connectivity index (χ4v) is 3.58. The van der Waals surface area contributed by atoms with Crippen molar-refractivity contribution in [2.75, 3.05) is 44.2 Å². The molecule has 1 aromatic rings. The highest BCUT2D eigenvalue weighted by atomic mass is 79.9. The summed E-state index contributed by atoms with van der Waals surface area (Å²) in [5.41, 5.74) is 2.76. The first-order valence-corrected chi connectivity index (χ1v) is 8.47. The van der Waals surface area contributed by atoms with Crippen LogP contribution in [0.15, 0.2) is 18.2 Å². The van der Waals surface area contributed by atoms with Gasteiger partial charge in [-0.3, -0.25) is 4.90 Å². The minimum absolute atomic E-state index is 0.849. The molecule has 0 N–H and O–H groups in total. The zero-order chi connectivity index (χ0) is 13.9. The fraction of sp³-hybridized carbons (Fsp3) is 0.600. The van der Waals surface area contributed by atoms with Crippen LogP contribution >= 0.6 is 27.7 Å². The van der Waals surface area contributed by atoms with Crippen LogP contribution in [0.4, 0.5) is 5.69 Å². The summed E-state index contributed by atoms with van der Waals surface area (Å²) in [5, 5.41) is 0.849. The summed E-state index contributed by atoms with van der Waals surface area (Å²) < 4.78 is 2.21. The highest BCUT2D eigenvalue weighted by Crippen LogP contribution is 2.28. The molecular weight excluding hydrogens is 338 g/mol. The maximum absolute atomic E-state index is 6.21. The molecule has 5 heteroatoms. The van der Waals surface area contributed by atoms with Crippen molar-refractivity contribution in [2.45, 2.75) is 19.4 Å². The van der Waals surface area contributed by atoms with Crippen molar-refractivity contribution in [3.63, 3.8) is 0 Å². The lowest BCUT2D eigenvalue weighted by Crippen LogP contribution is -2.41. The van der Waals surface area contributed by atoms with Gasteiger partial charge in [0.1, 0.15) is 0 Å². The molecule has 3 nitrogen and oxygen atoms in total. The standard InChI is InChI=1S/C15H21BrClN3/c16-20-9-7-18(8-10-20)12-13-11-14(17)3-4-15(13)19-5-1-2-6-19/h3-4,11H,1-2,5-10,12H2. The number of piperazine rings is 1. The Balaban J connectivity index is 1.75. The molecule has 0 amide bonds. The van der Waals surface area contributed by atoms with Gasteiger partial charge in [-0.15, -0.1) is 0 Å². The van der Waals surface area contributed by atoms with E-state index < -0.39 is 0 Å². The number of halogens is 2. The van der Waals surface area contributed by atoms with Crippen LogP contribution in [0.5, 0.6) is 0 Å². The Bertz CT molecular complexity index is 454. The average Bonchev–Trinajstić information content (AvgIpc) is 2.95. The van der Waals surface area contributed by atoms with Gasteiger partial charge >= 0.3 is 0 Å². The molecule has 0 aliphatic carbocycles. The lowest BCUT2D eigenvalue weighted by atomic mass is 10.1. The molecule has 20 heavy (non-hydrogen) atoms. The van der Waals surface area contributed by atoms with Crippen molar-refractivity contribution in [3.05, 3.63) is 28.8 Å². The van der Waals surface area contributed by atoms with Crippen molar-refractivity contribution in [3.8, 4) is 0 Å². The lowest BCUT2D eigenvalue weighted by molar-refractivity contribution is 0.193. The first kappa shape index (κ1) is 14.6. The predicted molar refractivity (Wildman–Crippen MR) is 88.7 cm³/mol. The molecule has 0 spiro atoms. The minimum atomic E-state index is 0.849. The second-order valence-electron chi connectivity index (χ2n) is 5.65. The van der Waals surface area contributed by atoms with Gasteiger partial charge in [0.25, 0.3) is 0 Å². The summed E-state index contributed by atoms with van der Waals surface area (Å²) in [5.74, 6) is 0. The van der Waals surface area contributed by atoms with Crippen LogP contribution in [-0.2, 0) is 6.54 Å². The zero-order valence-corrected chi connectivity index (χ0v) is 14.0. The van der Waals surface area contributed by atoms with Gasteiger partial charge in [0.05, 0.1) is 0 Å². The van der Waals surface area contributed by atoms with Crippen LogP contribution in [0.2, 0.25) is 5.02 Å². The van der Waals surface area contributed by atoms with Gasteiger partial charge in [0, 0.05) is 72.7 Å². The van der Waals surface area contributed by atoms with E-state index in [1.807, 2.05) is 6.07 Å². The van der Waals surface area contributed by atoms with E-state index in [1.165, 1.54) is 37.2 Å². The summed E-state index contributed by atoms with van der Waals surface area (Å²) >= 11 is 9.77. The predicted octanol–water partition coefficient (Wildman–Crippen LogP) is 3.37. The lowest BCUT2D eigenvalue weighted by Gasteiger charge is -2.32. The normalized spacial score (nSPS) is 21.6. The van der Waals surface area contributed by atoms with Crippen LogP contribution in [0, 0.1) is 0 Å². The summed E-state index contributed by atoms with van der Waals surface area (Å²) in [6, 6.07) is 6.37. The molecule has 2 fully saturated rings. The van der Waals surface area contributed by atoms with Crippen LogP contribution < -0.4 is 4.90 Å². The monoisotopic (exact) mass is 357 g/mol. The zero-order valence-electron chi connectivity index (χ0n) is 11.7. The molecular formula is C15H21BrClN3. The molecule has 110 valence electrons. The Hall–Kier alpha value is -0.290. The van der Waals surface area contributed by atoms with Crippen molar-refractivity contribution in [2.24, 2.45) is 0 Å². The van der Waals surface area contributed by atoms with E-state index in [-0.39, 0.29) is 0 Å². The third-order valence-corrected chi connectivity index (χ3v) is 5.14. The topological polar surface area (TPSA) is 9.72 Å². The van der Waals surface area contributed by atoms with Gasteiger partial charge in [-0.05, 0) is 36.6 Å². The molecule has 2 saturated heterocycles. The summed E-state index contributed by atoms with van der Waals surface area (Å²) in [4.78, 5) is 5.02. The summed E-state index contributed by atoms with van der Waals surface area (Å²) in [6.07, 6.45) is 2.62. The van der Waals surface area contributed by atoms with Gasteiger partial charge in [-0.25, -0.2) is 3.93 Å². The Morgan fingerprint density at radius 2 is 1.70 bits per heavy atom. The Kier molecular flexibility index (Phi) is 4.87. The fourth-order valence-electron chi connectivity index (χ4n) is 3.07. The number of anilines is 1. The molecule has 0 saturated carbocycles. The van der Waals surface area contributed by atoms with Gasteiger partial charge in [0.15, 0.2) is 0 Å². The van der Waals surface area contributed by atoms with Gasteiger partial charge in [-0.2, -0.15) is 0 Å². The summed E-state index contributed by atoms with van der Waals surface area (Å²) in [7, 11) is 0. The van der Waals surface area contributed by atoms with Crippen molar-refractivity contribution >= 4 is 33.4 Å². The van der Waals surface area contributed by atoms with E-state index in [2.05, 4.69) is 42.0 Å². The number of hydrogen-bond donors (Lipinski definition) is 0. The highest BCUT2D eigenvalue weighted by molar-refractivity contribution is 9.07. The Morgan fingerprint density at radius 3 is 2.40 bits per heavy atom. The average molecular weight is 359 g/mol. The quantitative estimate of drug-likeness (QED) is 0.767. The molecule has 3 rings (SSSR count). The highest BCUT2D eigenvalue weighted by Gasteiger charge is 2.20. The van der Waals surface area contributed by atoms with E-state index in [4.69, 9.17) is 11.6 Å². The first-order chi connectivity index (χ1) is 9.72. The molecule has 2 aliphatic heterocycles. The molecule has 0 radical (unpaired) electrons. The second kappa shape index (κ2) is 6.65. The van der Waals surface area contributed by atoms with E-state index in [0.29, 0.717) is 0 Å². The third-order valence-electron chi connectivity index (χ3n) is 4.20. The van der Waals surface area contributed by atoms with Crippen LogP contribution in [0.3, 0.4) is 0 Å². The molecule has 0 atom stereocenters. The van der Waals surface area contributed by atoms with Crippen molar-refractivity contribution in [1.29, 1.82) is 0 Å². The first-order valence-electron chi connectivity index (χ1n) is 7.39. The molecule has 2 heterocycles. The van der Waals surface area contributed by atoms with Gasteiger partial charge < -0.3 is 4.90 Å². The van der Waals surface area contributed by atoms with E-state index in [1.54, 1.807) is 0 Å². The number of hydrogen-bond acceptors (Lipinski definition) is 3. The number of rotatable bonds is 3. The molecule has 1 aromatic carbocycles. The number of nitrogens with zero attached hydrogens (tertiary/aromatic N) is 3. The van der Waals surface area contributed by atoms with Crippen LogP contribution in [0.25, 0.3) is 0 Å². The summed E-state index contributed by atoms with van der Waals surface area (Å²) in [6.45, 7) is 7.76. The van der Waals surface area contributed by atoms with E-state index >= 15 is 0 Å². The molecule has 0 unspecified atom stereocenters. The van der Waals surface area contributed by atoms with Gasteiger partial charge in [-0.1, -0.05) is 11.6 Å². The SMILES string of the molecule is Clc1ccc(N2CCCC2)c(CN2CCN(Br)CC2)c1. The Labute approximate surface area is 134 Å². The van der Waals surface area contributed by atoms with E-state index in [0.717, 1.165) is 37.7 Å². The van der Waals surface area contributed by atoms with Crippen LogP contribution in [-0.4, -0.2) is 48.1 Å². The molecule has 2 aliphatic rings. The molecule has 0 aromatic heterocycles. The third kappa shape index (κ3) is 3.48. The van der Waals surface area contributed by atoms with Crippen molar-refractivity contribution in [1.82, 2.24) is 8.83 Å². The second-order valence-corrected chi connectivity index (χ2v) is 7.09. The maximum Gasteiger partial charge on any atom is 0.0412 e. The van der Waals surface area contributed by atoms with Crippen LogP contribution in [0.1, 0.15) is 18.4 Å². The van der Waals surface area contributed by atoms with E-state index in [9.17, 15) is 0 Å². The smallest absolute Gasteiger partial charge is 0.0412 e. The Morgan fingerprint density at radius 1 is 1.00 bits per heavy atom. The largest absolute Gasteiger partial charge is 0.371 e.